The van der Waals surface area contributed by atoms with Gasteiger partial charge in [-0.2, -0.15) is 0 Å². The average Bonchev–Trinajstić information content (AvgIpc) is 2.59. The maximum atomic E-state index is 6.68. The van der Waals surface area contributed by atoms with Crippen LogP contribution in [-0.4, -0.2) is 23.5 Å². The van der Waals surface area contributed by atoms with Crippen LogP contribution in [0.4, 0.5) is 0 Å². The summed E-state index contributed by atoms with van der Waals surface area (Å²) in [4.78, 5) is 2.70. The molecule has 0 spiro atoms. The van der Waals surface area contributed by atoms with Crippen molar-refractivity contribution >= 4 is 0 Å². The smallest absolute Gasteiger partial charge is 0.0455 e. The summed E-state index contributed by atoms with van der Waals surface area (Å²) in [7, 11) is 0. The van der Waals surface area contributed by atoms with Crippen LogP contribution in [-0.2, 0) is 6.42 Å². The molecule has 4 atom stereocenters. The summed E-state index contributed by atoms with van der Waals surface area (Å²) in [6.45, 7) is 6.00. The number of fused-ring (bicyclic) bond motifs is 1. The second kappa shape index (κ2) is 5.87. The van der Waals surface area contributed by atoms with E-state index in [1.165, 1.54) is 49.8 Å². The topological polar surface area (TPSA) is 29.3 Å². The maximum absolute atomic E-state index is 6.68. The SMILES string of the molecule is CC1CCN(C2CCCc3ccccc3C2N)C(C)C1. The lowest BCUT2D eigenvalue weighted by Gasteiger charge is -2.43. The molecule has 4 unspecified atom stereocenters. The molecular formula is C18H28N2. The van der Waals surface area contributed by atoms with Crippen LogP contribution in [0, 0.1) is 5.92 Å². The Labute approximate surface area is 123 Å². The monoisotopic (exact) mass is 272 g/mol. The third-order valence-electron chi connectivity index (χ3n) is 5.39. The molecule has 2 nitrogen and oxygen atoms in total. The molecule has 0 saturated carbocycles. The molecule has 0 aromatic heterocycles. The Hall–Kier alpha value is -0.860. The molecule has 0 amide bonds. The van der Waals surface area contributed by atoms with Gasteiger partial charge >= 0.3 is 0 Å². The highest BCUT2D eigenvalue weighted by atomic mass is 15.2. The van der Waals surface area contributed by atoms with Gasteiger partial charge in [0.1, 0.15) is 0 Å². The van der Waals surface area contributed by atoms with Crippen molar-refractivity contribution in [3.05, 3.63) is 35.4 Å². The van der Waals surface area contributed by atoms with Crippen molar-refractivity contribution < 1.29 is 0 Å². The van der Waals surface area contributed by atoms with Crippen LogP contribution in [0.25, 0.3) is 0 Å². The first-order valence-electron chi connectivity index (χ1n) is 8.26. The van der Waals surface area contributed by atoms with E-state index in [1.54, 1.807) is 0 Å². The molecule has 2 heteroatoms. The number of hydrogen-bond donors (Lipinski definition) is 1. The molecule has 1 aliphatic carbocycles. The minimum absolute atomic E-state index is 0.185. The van der Waals surface area contributed by atoms with E-state index in [1.807, 2.05) is 0 Å². The summed E-state index contributed by atoms with van der Waals surface area (Å²) in [5, 5.41) is 0. The predicted molar refractivity (Wildman–Crippen MR) is 84.7 cm³/mol. The van der Waals surface area contributed by atoms with Crippen molar-refractivity contribution in [2.75, 3.05) is 6.54 Å². The predicted octanol–water partition coefficient (Wildman–Crippen LogP) is 3.51. The second-order valence-electron chi connectivity index (χ2n) is 6.90. The molecule has 2 N–H and O–H groups in total. The van der Waals surface area contributed by atoms with Crippen LogP contribution < -0.4 is 5.73 Å². The summed E-state index contributed by atoms with van der Waals surface area (Å²) in [5.74, 6) is 0.871. The zero-order valence-electron chi connectivity index (χ0n) is 12.9. The van der Waals surface area contributed by atoms with Gasteiger partial charge in [-0.05, 0) is 62.6 Å². The average molecular weight is 272 g/mol. The van der Waals surface area contributed by atoms with Gasteiger partial charge in [-0.15, -0.1) is 0 Å². The second-order valence-corrected chi connectivity index (χ2v) is 6.90. The lowest BCUT2D eigenvalue weighted by Crippen LogP contribution is -2.50. The van der Waals surface area contributed by atoms with E-state index < -0.39 is 0 Å². The number of nitrogens with two attached hydrogens (primary N) is 1. The zero-order chi connectivity index (χ0) is 14.1. The quantitative estimate of drug-likeness (QED) is 0.793. The minimum atomic E-state index is 0.185. The van der Waals surface area contributed by atoms with Crippen LogP contribution in [0.3, 0.4) is 0 Å². The lowest BCUT2D eigenvalue weighted by atomic mass is 9.88. The molecule has 1 aromatic rings. The van der Waals surface area contributed by atoms with E-state index in [0.29, 0.717) is 12.1 Å². The van der Waals surface area contributed by atoms with Gasteiger partial charge in [-0.3, -0.25) is 4.90 Å². The third-order valence-corrected chi connectivity index (χ3v) is 5.39. The van der Waals surface area contributed by atoms with Crippen LogP contribution in [0.5, 0.6) is 0 Å². The Balaban J connectivity index is 1.83. The number of rotatable bonds is 1. The Bertz CT molecular complexity index is 456. The fraction of sp³-hybridized carbons (Fsp3) is 0.667. The van der Waals surface area contributed by atoms with Gasteiger partial charge in [-0.25, -0.2) is 0 Å². The summed E-state index contributed by atoms with van der Waals surface area (Å²) in [6, 6.07) is 10.2. The summed E-state index contributed by atoms with van der Waals surface area (Å²) in [5.41, 5.74) is 9.54. The van der Waals surface area contributed by atoms with E-state index in [0.717, 1.165) is 5.92 Å². The molecule has 1 aliphatic heterocycles. The highest BCUT2D eigenvalue weighted by Gasteiger charge is 2.34. The van der Waals surface area contributed by atoms with E-state index in [4.69, 9.17) is 5.73 Å². The molecule has 2 aliphatic rings. The number of likely N-dealkylation sites (tertiary alicyclic amines) is 1. The van der Waals surface area contributed by atoms with Crippen molar-refractivity contribution in [3.8, 4) is 0 Å². The Morgan fingerprint density at radius 1 is 1.15 bits per heavy atom. The number of benzene rings is 1. The first-order valence-corrected chi connectivity index (χ1v) is 8.26. The fourth-order valence-corrected chi connectivity index (χ4v) is 4.27. The largest absolute Gasteiger partial charge is 0.323 e. The molecular weight excluding hydrogens is 244 g/mol. The lowest BCUT2D eigenvalue weighted by molar-refractivity contribution is 0.0643. The molecule has 1 heterocycles. The first-order chi connectivity index (χ1) is 9.66. The summed E-state index contributed by atoms with van der Waals surface area (Å²) in [6.07, 6.45) is 6.36. The Kier molecular flexibility index (Phi) is 4.13. The van der Waals surface area contributed by atoms with Crippen molar-refractivity contribution in [1.82, 2.24) is 4.90 Å². The van der Waals surface area contributed by atoms with Gasteiger partial charge in [0.2, 0.25) is 0 Å². The fourth-order valence-electron chi connectivity index (χ4n) is 4.27. The van der Waals surface area contributed by atoms with Gasteiger partial charge in [0.25, 0.3) is 0 Å². The van der Waals surface area contributed by atoms with Gasteiger partial charge in [0.15, 0.2) is 0 Å². The molecule has 1 saturated heterocycles. The number of nitrogens with zero attached hydrogens (tertiary/aromatic N) is 1. The van der Waals surface area contributed by atoms with Gasteiger partial charge in [0.05, 0.1) is 0 Å². The molecule has 0 bridgehead atoms. The molecule has 3 rings (SSSR count). The first kappa shape index (κ1) is 14.1. The van der Waals surface area contributed by atoms with Crippen LogP contribution in [0.15, 0.2) is 24.3 Å². The highest BCUT2D eigenvalue weighted by Crippen LogP contribution is 2.34. The van der Waals surface area contributed by atoms with Crippen molar-refractivity contribution in [3.63, 3.8) is 0 Å². The van der Waals surface area contributed by atoms with Gasteiger partial charge in [0, 0.05) is 18.1 Å². The van der Waals surface area contributed by atoms with E-state index in [-0.39, 0.29) is 6.04 Å². The van der Waals surface area contributed by atoms with Crippen LogP contribution in [0.2, 0.25) is 0 Å². The Morgan fingerprint density at radius 3 is 2.75 bits per heavy atom. The van der Waals surface area contributed by atoms with E-state index in [9.17, 15) is 0 Å². The van der Waals surface area contributed by atoms with Crippen molar-refractivity contribution in [2.45, 2.75) is 64.1 Å². The Morgan fingerprint density at radius 2 is 1.95 bits per heavy atom. The van der Waals surface area contributed by atoms with Crippen molar-refractivity contribution in [1.29, 1.82) is 0 Å². The standard InChI is InChI=1S/C18H28N2/c1-13-10-11-20(14(2)12-13)17-9-5-7-15-6-3-4-8-16(15)18(17)19/h3-4,6,8,13-14,17-18H,5,7,9-12,19H2,1-2H3. The minimum Gasteiger partial charge on any atom is -0.323 e. The van der Waals surface area contributed by atoms with Crippen LogP contribution >= 0.6 is 0 Å². The van der Waals surface area contributed by atoms with Crippen molar-refractivity contribution in [2.24, 2.45) is 11.7 Å². The van der Waals surface area contributed by atoms with Crippen LogP contribution in [0.1, 0.15) is 56.7 Å². The highest BCUT2D eigenvalue weighted by molar-refractivity contribution is 5.32. The number of hydrogen-bond acceptors (Lipinski definition) is 2. The number of piperidine rings is 1. The molecule has 0 radical (unpaired) electrons. The zero-order valence-corrected chi connectivity index (χ0v) is 12.9. The van der Waals surface area contributed by atoms with Gasteiger partial charge < -0.3 is 5.73 Å². The van der Waals surface area contributed by atoms with E-state index in [2.05, 4.69) is 43.0 Å². The summed E-state index contributed by atoms with van der Waals surface area (Å²) < 4.78 is 0. The summed E-state index contributed by atoms with van der Waals surface area (Å²) >= 11 is 0. The molecule has 1 fully saturated rings. The molecule has 1 aromatic carbocycles. The normalized spacial score (nSPS) is 35.4. The number of aryl methyl sites for hydroxylation is 1. The maximum Gasteiger partial charge on any atom is 0.0455 e. The van der Waals surface area contributed by atoms with Gasteiger partial charge in [-0.1, -0.05) is 31.2 Å². The van der Waals surface area contributed by atoms with E-state index >= 15 is 0 Å². The third kappa shape index (κ3) is 2.64. The molecule has 20 heavy (non-hydrogen) atoms. The molecule has 110 valence electrons.